The van der Waals surface area contributed by atoms with Gasteiger partial charge in [0.2, 0.25) is 0 Å². The Morgan fingerprint density at radius 3 is 2.58 bits per heavy atom. The van der Waals surface area contributed by atoms with Crippen LogP contribution in [0.25, 0.3) is 16.8 Å². The fraction of sp³-hybridized carbons (Fsp3) is 0.0526. The van der Waals surface area contributed by atoms with Gasteiger partial charge in [0.1, 0.15) is 11.5 Å². The summed E-state index contributed by atoms with van der Waals surface area (Å²) in [7, 11) is 0. The van der Waals surface area contributed by atoms with E-state index in [0.29, 0.717) is 0 Å². The van der Waals surface area contributed by atoms with Crippen molar-refractivity contribution < 1.29 is 37.4 Å². The third kappa shape index (κ3) is 3.26. The zero-order valence-corrected chi connectivity index (χ0v) is 16.0. The summed E-state index contributed by atoms with van der Waals surface area (Å²) >= 11 is 0. The normalized spacial score (nSPS) is 10.4. The first kappa shape index (κ1) is 16.8. The van der Waals surface area contributed by atoms with Crippen molar-refractivity contribution >= 4 is 5.65 Å². The first-order valence-electron chi connectivity index (χ1n) is 7.36. The van der Waals surface area contributed by atoms with Crippen molar-refractivity contribution in [3.8, 4) is 22.6 Å². The Balaban J connectivity index is 0.00000169. The SMILES string of the molecule is Cc1ccnc2c(-c3cccc(Oc4ccccc4)c3)[c-]nn12.[Y]. The number of rotatable bonds is 3. The zero-order valence-electron chi connectivity index (χ0n) is 13.2. The van der Waals surface area contributed by atoms with Crippen LogP contribution in [0.2, 0.25) is 0 Å². The number of benzene rings is 2. The smallest absolute Gasteiger partial charge is 0.127 e. The molecule has 2 heterocycles. The number of aryl methyl sites for hydroxylation is 1. The molecule has 0 amide bonds. The number of ether oxygens (including phenoxy) is 1. The predicted molar refractivity (Wildman–Crippen MR) is 88.5 cm³/mol. The van der Waals surface area contributed by atoms with Gasteiger partial charge in [0.25, 0.3) is 0 Å². The van der Waals surface area contributed by atoms with Gasteiger partial charge in [0.15, 0.2) is 0 Å². The molecule has 24 heavy (non-hydrogen) atoms. The molecule has 4 aromatic rings. The second kappa shape index (κ2) is 7.24. The van der Waals surface area contributed by atoms with Crippen LogP contribution in [-0.4, -0.2) is 14.6 Å². The van der Waals surface area contributed by atoms with Gasteiger partial charge in [-0.25, -0.2) is 0 Å². The van der Waals surface area contributed by atoms with Crippen LogP contribution in [-0.2, 0) is 32.7 Å². The summed E-state index contributed by atoms with van der Waals surface area (Å²) in [5.74, 6) is 1.58. The van der Waals surface area contributed by atoms with E-state index in [9.17, 15) is 0 Å². The summed E-state index contributed by atoms with van der Waals surface area (Å²) < 4.78 is 7.68. The minimum absolute atomic E-state index is 0. The Morgan fingerprint density at radius 1 is 0.958 bits per heavy atom. The van der Waals surface area contributed by atoms with Crippen molar-refractivity contribution in [3.63, 3.8) is 0 Å². The van der Waals surface area contributed by atoms with Crippen molar-refractivity contribution in [1.82, 2.24) is 14.6 Å². The molecular weight excluding hydrogens is 375 g/mol. The van der Waals surface area contributed by atoms with Crippen molar-refractivity contribution in [2.45, 2.75) is 6.92 Å². The first-order chi connectivity index (χ1) is 11.3. The Morgan fingerprint density at radius 2 is 1.75 bits per heavy atom. The monoisotopic (exact) mass is 389 g/mol. The summed E-state index contributed by atoms with van der Waals surface area (Å²) in [5, 5.41) is 4.30. The van der Waals surface area contributed by atoms with Gasteiger partial charge in [-0.1, -0.05) is 30.3 Å². The Kier molecular flexibility index (Phi) is 5.07. The molecule has 0 unspecified atom stereocenters. The zero-order chi connectivity index (χ0) is 15.6. The molecular formula is C19H14N3OY-. The van der Waals surface area contributed by atoms with E-state index in [0.717, 1.165) is 34.0 Å². The summed E-state index contributed by atoms with van der Waals surface area (Å²) in [6.07, 6.45) is 4.84. The van der Waals surface area contributed by atoms with Gasteiger partial charge in [-0.15, -0.1) is 17.2 Å². The summed E-state index contributed by atoms with van der Waals surface area (Å²) in [6.45, 7) is 1.99. The molecule has 0 saturated heterocycles. The van der Waals surface area contributed by atoms with Crippen molar-refractivity contribution in [2.24, 2.45) is 0 Å². The molecule has 0 fully saturated rings. The Hall–Kier alpha value is -2.04. The van der Waals surface area contributed by atoms with Crippen LogP contribution in [0.4, 0.5) is 0 Å². The average Bonchev–Trinajstić information content (AvgIpc) is 3.02. The van der Waals surface area contributed by atoms with Gasteiger partial charge in [-0.3, -0.25) is 9.61 Å². The fourth-order valence-electron chi connectivity index (χ4n) is 2.49. The van der Waals surface area contributed by atoms with Crippen LogP contribution in [0.3, 0.4) is 0 Å². The summed E-state index contributed by atoms with van der Waals surface area (Å²) in [4.78, 5) is 4.42. The first-order valence-corrected chi connectivity index (χ1v) is 7.36. The van der Waals surface area contributed by atoms with Crippen LogP contribution in [0.15, 0.2) is 66.9 Å². The number of nitrogens with zero attached hydrogens (tertiary/aromatic N) is 3. The molecule has 0 aliphatic carbocycles. The molecule has 5 heteroatoms. The number of hydrogen-bond donors (Lipinski definition) is 0. The number of fused-ring (bicyclic) bond motifs is 1. The molecule has 2 aromatic carbocycles. The van der Waals surface area contributed by atoms with Gasteiger partial charge >= 0.3 is 0 Å². The van der Waals surface area contributed by atoms with E-state index in [1.165, 1.54) is 0 Å². The quantitative estimate of drug-likeness (QED) is 0.491. The van der Waals surface area contributed by atoms with E-state index in [1.54, 1.807) is 10.7 Å². The van der Waals surface area contributed by atoms with E-state index >= 15 is 0 Å². The van der Waals surface area contributed by atoms with E-state index in [-0.39, 0.29) is 32.7 Å². The van der Waals surface area contributed by atoms with E-state index < -0.39 is 0 Å². The fourth-order valence-corrected chi connectivity index (χ4v) is 2.49. The van der Waals surface area contributed by atoms with Gasteiger partial charge in [0.05, 0.1) is 0 Å². The van der Waals surface area contributed by atoms with Gasteiger partial charge in [-0.05, 0) is 37.4 Å². The maximum Gasteiger partial charge on any atom is 0.127 e. The average molecular weight is 389 g/mol. The van der Waals surface area contributed by atoms with E-state index in [1.807, 2.05) is 67.6 Å². The maximum absolute atomic E-state index is 5.89. The van der Waals surface area contributed by atoms with Crippen molar-refractivity contribution in [1.29, 1.82) is 0 Å². The molecule has 4 rings (SSSR count). The van der Waals surface area contributed by atoms with Crippen LogP contribution in [0.5, 0.6) is 11.5 Å². The van der Waals surface area contributed by atoms with Crippen LogP contribution < -0.4 is 4.74 Å². The molecule has 4 nitrogen and oxygen atoms in total. The third-order valence-corrected chi connectivity index (χ3v) is 3.63. The molecule has 0 saturated carbocycles. The maximum atomic E-state index is 5.89. The van der Waals surface area contributed by atoms with Gasteiger partial charge < -0.3 is 9.72 Å². The largest absolute Gasteiger partial charge is 0.458 e. The minimum atomic E-state index is 0. The Labute approximate surface area is 165 Å². The molecule has 0 spiro atoms. The van der Waals surface area contributed by atoms with Crippen molar-refractivity contribution in [2.75, 3.05) is 0 Å². The van der Waals surface area contributed by atoms with E-state index in [2.05, 4.69) is 16.3 Å². The van der Waals surface area contributed by atoms with Crippen molar-refractivity contribution in [3.05, 3.63) is 78.8 Å². The summed E-state index contributed by atoms with van der Waals surface area (Å²) in [5.41, 5.74) is 3.66. The molecule has 0 aliphatic rings. The third-order valence-electron chi connectivity index (χ3n) is 3.63. The molecule has 0 atom stereocenters. The number of hydrogen-bond acceptors (Lipinski definition) is 3. The van der Waals surface area contributed by atoms with Gasteiger partial charge in [0, 0.05) is 50.2 Å². The molecule has 0 aliphatic heterocycles. The van der Waals surface area contributed by atoms with Crippen LogP contribution in [0.1, 0.15) is 5.69 Å². The standard InChI is InChI=1S/C19H14N3O.Y/c1-14-10-11-20-19-18(13-21-22(14)19)15-6-5-9-17(12-15)23-16-7-3-2-4-8-16;/h2-12H,1H3;/q-1;. The molecule has 0 N–H and O–H groups in total. The number of aromatic nitrogens is 3. The topological polar surface area (TPSA) is 39.4 Å². The number of para-hydroxylation sites is 1. The predicted octanol–water partition coefficient (Wildman–Crippen LogP) is 4.29. The Bertz CT molecular complexity index is 967. The molecule has 2 aromatic heterocycles. The van der Waals surface area contributed by atoms with Crippen LogP contribution >= 0.6 is 0 Å². The van der Waals surface area contributed by atoms with Gasteiger partial charge in [-0.2, -0.15) is 0 Å². The minimum Gasteiger partial charge on any atom is -0.458 e. The molecule has 1 radical (unpaired) electrons. The van der Waals surface area contributed by atoms with Crippen LogP contribution in [0, 0.1) is 13.1 Å². The second-order valence-corrected chi connectivity index (χ2v) is 5.25. The molecule has 0 bridgehead atoms. The second-order valence-electron chi connectivity index (χ2n) is 5.25. The summed E-state index contributed by atoms with van der Waals surface area (Å²) in [6, 6.07) is 19.5. The molecule has 115 valence electrons. The van der Waals surface area contributed by atoms with E-state index in [4.69, 9.17) is 4.74 Å².